The van der Waals surface area contributed by atoms with Crippen molar-refractivity contribution in [3.63, 3.8) is 0 Å². The molecule has 8 aromatic carbocycles. The summed E-state index contributed by atoms with van der Waals surface area (Å²) >= 11 is 0. The van der Waals surface area contributed by atoms with Gasteiger partial charge in [-0.2, -0.15) is 0 Å². The molecule has 0 bridgehead atoms. The van der Waals surface area contributed by atoms with E-state index in [9.17, 15) is 0 Å². The molecule has 0 spiro atoms. The van der Waals surface area contributed by atoms with Gasteiger partial charge in [-0.15, -0.1) is 0 Å². The van der Waals surface area contributed by atoms with Crippen molar-refractivity contribution in [1.82, 2.24) is 0 Å². The van der Waals surface area contributed by atoms with E-state index in [2.05, 4.69) is 141 Å². The fourth-order valence-corrected chi connectivity index (χ4v) is 10.2. The summed E-state index contributed by atoms with van der Waals surface area (Å²) in [5.74, 6) is 1.47. The number of anilines is 6. The van der Waals surface area contributed by atoms with E-state index in [1.165, 1.54) is 16.7 Å². The van der Waals surface area contributed by atoms with Crippen LogP contribution < -0.4 is 9.80 Å². The van der Waals surface area contributed by atoms with Crippen molar-refractivity contribution in [2.45, 2.75) is 38.5 Å². The molecule has 5 heteroatoms. The van der Waals surface area contributed by atoms with Gasteiger partial charge in [-0.05, 0) is 113 Å². The van der Waals surface area contributed by atoms with Crippen LogP contribution in [0.1, 0.15) is 49.9 Å². The smallest absolute Gasteiger partial charge is 0.187 e. The number of fused-ring (bicyclic) bond motifs is 7. The highest BCUT2D eigenvalue weighted by atomic mass is 19.1. The van der Waals surface area contributed by atoms with Crippen LogP contribution in [0.25, 0.3) is 49.7 Å². The van der Waals surface area contributed by atoms with Gasteiger partial charge in [0, 0.05) is 67.1 Å². The first-order chi connectivity index (χ1) is 31.1. The van der Waals surface area contributed by atoms with Crippen molar-refractivity contribution >= 4 is 39.8 Å². The molecule has 0 aliphatic heterocycles. The summed E-state index contributed by atoms with van der Waals surface area (Å²) in [6, 6.07) is 65.3. The van der Waals surface area contributed by atoms with E-state index in [1.54, 1.807) is 18.2 Å². The van der Waals surface area contributed by atoms with Crippen LogP contribution in [0.15, 0.2) is 199 Å². The minimum Gasteiger partial charge on any atom is -0.455 e. The van der Waals surface area contributed by atoms with Gasteiger partial charge in [0.2, 0.25) is 0 Å². The Kier molecular flexibility index (Phi) is 9.04. The van der Waals surface area contributed by atoms with E-state index < -0.39 is 5.41 Å². The largest absolute Gasteiger partial charge is 0.455 e. The number of hydrogen-bond acceptors (Lipinski definition) is 3. The molecule has 0 saturated heterocycles. The molecule has 1 aromatic heterocycles. The van der Waals surface area contributed by atoms with Crippen molar-refractivity contribution in [2.75, 3.05) is 9.80 Å². The van der Waals surface area contributed by atoms with E-state index in [4.69, 9.17) is 11.0 Å². The van der Waals surface area contributed by atoms with Crippen LogP contribution in [-0.2, 0) is 10.8 Å². The first kappa shape index (κ1) is 38.9. The summed E-state index contributed by atoms with van der Waals surface area (Å²) in [6.07, 6.45) is 0. The molecule has 2 aliphatic carbocycles. The van der Waals surface area contributed by atoms with Crippen LogP contribution in [-0.4, -0.2) is 0 Å². The van der Waals surface area contributed by atoms with Crippen molar-refractivity contribution in [3.05, 3.63) is 234 Å². The maximum atomic E-state index is 17.4. The van der Waals surface area contributed by atoms with Crippen molar-refractivity contribution < 1.29 is 8.81 Å². The Morgan fingerprint density at radius 1 is 0.438 bits per heavy atom. The maximum absolute atomic E-state index is 17.4. The molecule has 308 valence electrons. The summed E-state index contributed by atoms with van der Waals surface area (Å²) in [5, 5.41) is 0. The van der Waals surface area contributed by atoms with E-state index >= 15 is 4.39 Å². The van der Waals surface area contributed by atoms with E-state index in [-0.39, 0.29) is 11.2 Å². The van der Waals surface area contributed by atoms with Gasteiger partial charge in [-0.1, -0.05) is 137 Å². The summed E-state index contributed by atoms with van der Waals surface area (Å²) in [7, 11) is 0. The Labute approximate surface area is 374 Å². The van der Waals surface area contributed by atoms with Crippen LogP contribution in [0.4, 0.5) is 44.2 Å². The minimum absolute atomic E-state index is 0.351. The highest BCUT2D eigenvalue weighted by molar-refractivity contribution is 5.94. The molecule has 1 heterocycles. The molecule has 2 aliphatic rings. The van der Waals surface area contributed by atoms with Gasteiger partial charge in [0.1, 0.15) is 17.3 Å². The summed E-state index contributed by atoms with van der Waals surface area (Å²) < 4.78 is 24.5. The van der Waals surface area contributed by atoms with Crippen LogP contribution in [0.3, 0.4) is 0 Å². The lowest BCUT2D eigenvalue weighted by molar-refractivity contribution is 0.592. The summed E-state index contributed by atoms with van der Waals surface area (Å²) in [5.41, 5.74) is 15.2. The summed E-state index contributed by atoms with van der Waals surface area (Å²) in [4.78, 5) is 7.99. The van der Waals surface area contributed by atoms with Crippen LogP contribution >= 0.6 is 0 Å². The Hall–Kier alpha value is -7.94. The third-order valence-corrected chi connectivity index (χ3v) is 13.3. The maximum Gasteiger partial charge on any atom is 0.187 e. The van der Waals surface area contributed by atoms with Gasteiger partial charge >= 0.3 is 0 Å². The zero-order valence-corrected chi connectivity index (χ0v) is 36.1. The molecule has 0 radical (unpaired) electrons. The average Bonchev–Trinajstić information content (AvgIpc) is 3.91. The third kappa shape index (κ3) is 6.09. The number of para-hydroxylation sites is 2. The van der Waals surface area contributed by atoms with E-state index in [1.807, 2.05) is 77.7 Å². The Balaban J connectivity index is 1.05. The number of halogens is 1. The molecule has 11 rings (SSSR count). The average molecular weight is 830 g/mol. The fourth-order valence-electron chi connectivity index (χ4n) is 10.2. The molecule has 0 saturated carbocycles. The van der Waals surface area contributed by atoms with Gasteiger partial charge in [0.15, 0.2) is 5.69 Å². The molecule has 64 heavy (non-hydrogen) atoms. The minimum atomic E-state index is -0.461. The molecular weight excluding hydrogens is 786 g/mol. The van der Waals surface area contributed by atoms with Crippen LogP contribution in [0.5, 0.6) is 0 Å². The number of benzene rings is 8. The van der Waals surface area contributed by atoms with E-state index in [0.717, 1.165) is 78.9 Å². The van der Waals surface area contributed by atoms with Gasteiger partial charge in [0.25, 0.3) is 0 Å². The van der Waals surface area contributed by atoms with Crippen LogP contribution in [0, 0.1) is 12.4 Å². The van der Waals surface area contributed by atoms with Crippen molar-refractivity contribution in [1.29, 1.82) is 0 Å². The monoisotopic (exact) mass is 829 g/mol. The second-order valence-corrected chi connectivity index (χ2v) is 17.8. The fraction of sp³-hybridized carbons (Fsp3) is 0.102. The molecule has 0 N–H and O–H groups in total. The molecule has 0 fully saturated rings. The second kappa shape index (κ2) is 14.9. The highest BCUT2D eigenvalue weighted by Gasteiger charge is 2.50. The quantitative estimate of drug-likeness (QED) is 0.143. The molecular formula is C59H44FN3O. The SMILES string of the molecule is [C-]#[N+]c1ccc(N(c2ccc3c(c2)C(C)(C)c2c-3oc3c2C(C)(C)c2cc(N(c4ccccc4)c4ccccc4)ccc2-3)c2c(F)cc(-c3ccccc3)cc2-c2ccccc2)cc1. The van der Waals surface area contributed by atoms with Crippen LogP contribution in [0.2, 0.25) is 0 Å². The molecule has 9 aromatic rings. The number of hydrogen-bond donors (Lipinski definition) is 0. The van der Waals surface area contributed by atoms with Gasteiger partial charge in [-0.3, -0.25) is 0 Å². The first-order valence-corrected chi connectivity index (χ1v) is 21.7. The zero-order chi connectivity index (χ0) is 43.7. The number of nitrogens with zero attached hydrogens (tertiary/aromatic N) is 3. The lowest BCUT2D eigenvalue weighted by Gasteiger charge is -2.31. The topological polar surface area (TPSA) is 24.0 Å². The zero-order valence-electron chi connectivity index (χ0n) is 36.1. The van der Waals surface area contributed by atoms with E-state index in [0.29, 0.717) is 11.4 Å². The van der Waals surface area contributed by atoms with Crippen molar-refractivity contribution in [2.24, 2.45) is 0 Å². The predicted molar refractivity (Wildman–Crippen MR) is 260 cm³/mol. The van der Waals surface area contributed by atoms with Gasteiger partial charge in [-0.25, -0.2) is 9.24 Å². The number of rotatable bonds is 8. The second-order valence-electron chi connectivity index (χ2n) is 17.8. The van der Waals surface area contributed by atoms with Gasteiger partial charge in [0.05, 0.1) is 12.3 Å². The standard InChI is InChI=1S/C59H44FN3O/c1-58(2)50-36-45(62(42-22-14-8-15-23-42)43-24-16-9-17-25-43)30-32-47(50)56-53(58)54-57(64-56)48-33-31-46(37-51(48)59(54,3)4)63(44-28-26-41(61-5)27-29-44)55-49(39-20-12-7-13-21-39)34-40(35-52(55)60)38-18-10-6-11-19-38/h6-37H,1-4H3. The highest BCUT2D eigenvalue weighted by Crippen LogP contribution is 2.62. The Morgan fingerprint density at radius 2 is 0.875 bits per heavy atom. The normalized spacial score (nSPS) is 13.6. The molecule has 4 nitrogen and oxygen atoms in total. The Morgan fingerprint density at radius 3 is 1.38 bits per heavy atom. The number of furan rings is 1. The first-order valence-electron chi connectivity index (χ1n) is 21.7. The molecule has 0 atom stereocenters. The molecule has 0 unspecified atom stereocenters. The van der Waals surface area contributed by atoms with Gasteiger partial charge < -0.3 is 14.2 Å². The molecule has 0 amide bonds. The third-order valence-electron chi connectivity index (χ3n) is 13.3. The predicted octanol–water partition coefficient (Wildman–Crippen LogP) is 16.9. The lowest BCUT2D eigenvalue weighted by atomic mass is 9.74. The summed E-state index contributed by atoms with van der Waals surface area (Å²) in [6.45, 7) is 16.9. The van der Waals surface area contributed by atoms with Crippen molar-refractivity contribution in [3.8, 4) is 44.9 Å². The Bertz CT molecular complexity index is 3240. The lowest BCUT2D eigenvalue weighted by Crippen LogP contribution is -2.23.